The number of halogens is 1. The molecule has 1 N–H and O–H groups in total. The van der Waals surface area contributed by atoms with Gasteiger partial charge < -0.3 is 0 Å². The lowest BCUT2D eigenvalue weighted by Crippen LogP contribution is -2.31. The number of hydrogen-bond donors (Lipinski definition) is 1. The molecular weight excluding hydrogens is 236 g/mol. The number of aromatic nitrogens is 2. The van der Waals surface area contributed by atoms with Crippen LogP contribution in [0.5, 0.6) is 0 Å². The highest BCUT2D eigenvalue weighted by Crippen LogP contribution is 2.09. The van der Waals surface area contributed by atoms with E-state index >= 15 is 0 Å². The van der Waals surface area contributed by atoms with Crippen molar-refractivity contribution in [2.45, 2.75) is 0 Å². The highest BCUT2D eigenvalue weighted by Gasteiger charge is 2.08. The zero-order chi connectivity index (χ0) is 9.26. The molecule has 13 heavy (non-hydrogen) atoms. The van der Waals surface area contributed by atoms with Gasteiger partial charge in [0.25, 0.3) is 6.20 Å². The van der Waals surface area contributed by atoms with Gasteiger partial charge in [-0.3, -0.25) is 4.52 Å². The molecule has 0 unspecified atom stereocenters. The Morgan fingerprint density at radius 3 is 2.54 bits per heavy atom. The molecule has 0 aliphatic heterocycles. The molecule has 0 spiro atoms. The van der Waals surface area contributed by atoms with Crippen LogP contribution in [-0.4, -0.2) is 5.27 Å². The smallest absolute Gasteiger partial charge is 0.283 e. The monoisotopic (exact) mass is 241 g/mol. The third-order valence-corrected chi connectivity index (χ3v) is 2.11. The fraction of sp³-hybridized carbons (Fsp3) is 0. The van der Waals surface area contributed by atoms with Crippen molar-refractivity contribution in [2.75, 3.05) is 0 Å². The van der Waals surface area contributed by atoms with Crippen LogP contribution in [0, 0.1) is 0 Å². The molecule has 1 aromatic heterocycles. The van der Waals surface area contributed by atoms with Crippen LogP contribution in [0.4, 0.5) is 0 Å². The second kappa shape index (κ2) is 3.18. The van der Waals surface area contributed by atoms with Crippen LogP contribution >= 0.6 is 15.9 Å². The van der Waals surface area contributed by atoms with E-state index in [0.717, 1.165) is 10.2 Å². The van der Waals surface area contributed by atoms with Crippen LogP contribution in [-0.2, 0) is 0 Å². The van der Waals surface area contributed by atoms with Crippen molar-refractivity contribution in [3.05, 3.63) is 45.4 Å². The fourth-order valence-electron chi connectivity index (χ4n) is 0.981. The summed E-state index contributed by atoms with van der Waals surface area (Å²) in [4.78, 5) is 10.7. The maximum atomic E-state index is 10.7. The zero-order valence-electron chi connectivity index (χ0n) is 6.53. The summed E-state index contributed by atoms with van der Waals surface area (Å²) in [5, 5.41) is 2.46. The molecule has 0 aliphatic rings. The summed E-state index contributed by atoms with van der Waals surface area (Å²) in [5.74, 6) is 0. The minimum Gasteiger partial charge on any atom is -0.283 e. The van der Waals surface area contributed by atoms with Crippen LogP contribution in [0.3, 0.4) is 0 Å². The Bertz CT molecular complexity index is 457. The molecule has 5 heteroatoms. The quantitative estimate of drug-likeness (QED) is 0.758. The number of H-pyrrole nitrogens is 1. The van der Waals surface area contributed by atoms with E-state index in [1.54, 1.807) is 0 Å². The lowest BCUT2D eigenvalue weighted by molar-refractivity contribution is -0.670. The van der Waals surface area contributed by atoms with Gasteiger partial charge in [0.1, 0.15) is 0 Å². The van der Waals surface area contributed by atoms with Crippen molar-refractivity contribution < 1.29 is 9.20 Å². The van der Waals surface area contributed by atoms with Gasteiger partial charge in [0.05, 0.1) is 0 Å². The second-order valence-corrected chi connectivity index (χ2v) is 3.40. The first kappa shape index (κ1) is 8.25. The van der Waals surface area contributed by atoms with E-state index in [1.165, 1.54) is 10.9 Å². The summed E-state index contributed by atoms with van der Waals surface area (Å²) in [6.07, 6.45) is 1.34. The van der Waals surface area contributed by atoms with Crippen molar-refractivity contribution in [1.82, 2.24) is 5.27 Å². The van der Waals surface area contributed by atoms with Crippen molar-refractivity contribution in [3.63, 3.8) is 0 Å². The van der Waals surface area contributed by atoms with Crippen LogP contribution in [0.1, 0.15) is 0 Å². The van der Waals surface area contributed by atoms with Gasteiger partial charge in [-0.15, -0.1) is 0 Å². The average Bonchev–Trinajstić information content (AvgIpc) is 2.53. The predicted octanol–water partition coefficient (Wildman–Crippen LogP) is 1.01. The Morgan fingerprint density at radius 1 is 1.31 bits per heavy atom. The molecule has 4 nitrogen and oxygen atoms in total. The summed E-state index contributed by atoms with van der Waals surface area (Å²) in [6, 6.07) is 7.48. The van der Waals surface area contributed by atoms with Crippen LogP contribution < -0.4 is 10.3 Å². The molecule has 0 aliphatic carbocycles. The highest BCUT2D eigenvalue weighted by atomic mass is 79.9. The van der Waals surface area contributed by atoms with E-state index in [0.29, 0.717) is 0 Å². The third kappa shape index (κ3) is 1.70. The summed E-state index contributed by atoms with van der Waals surface area (Å²) >= 11 is 3.32. The van der Waals surface area contributed by atoms with E-state index in [-0.39, 0.29) is 0 Å². The number of hydrogen-bond acceptors (Lipinski definition) is 2. The Balaban J connectivity index is 2.47. The molecule has 0 saturated heterocycles. The van der Waals surface area contributed by atoms with Crippen LogP contribution in [0.25, 0.3) is 5.69 Å². The van der Waals surface area contributed by atoms with Gasteiger partial charge in [-0.25, -0.2) is 4.79 Å². The van der Waals surface area contributed by atoms with Crippen molar-refractivity contribution in [2.24, 2.45) is 0 Å². The summed E-state index contributed by atoms with van der Waals surface area (Å²) in [5.41, 5.74) is 0.442. The number of aromatic amines is 1. The van der Waals surface area contributed by atoms with Gasteiger partial charge in [0.2, 0.25) is 5.69 Å². The topological polar surface area (TPSA) is 49.9 Å². The summed E-state index contributed by atoms with van der Waals surface area (Å²) in [6.45, 7) is 0. The van der Waals surface area contributed by atoms with Gasteiger partial charge in [-0.1, -0.05) is 15.9 Å². The average molecular weight is 242 g/mol. The normalized spacial score (nSPS) is 10.2. The van der Waals surface area contributed by atoms with E-state index in [2.05, 4.69) is 25.7 Å². The van der Waals surface area contributed by atoms with Crippen LogP contribution in [0.15, 0.2) is 44.3 Å². The highest BCUT2D eigenvalue weighted by molar-refractivity contribution is 9.10. The number of benzene rings is 1. The molecule has 66 valence electrons. The Labute approximate surface area is 81.9 Å². The van der Waals surface area contributed by atoms with E-state index in [4.69, 9.17) is 0 Å². The summed E-state index contributed by atoms with van der Waals surface area (Å²) in [7, 11) is 0. The molecule has 0 amide bonds. The van der Waals surface area contributed by atoms with Crippen LogP contribution in [0.2, 0.25) is 0 Å². The number of rotatable bonds is 1. The molecular formula is C8H6BrN2O2+. The number of nitrogens with one attached hydrogen (secondary N) is 1. The SMILES string of the molecule is O=c1c[n+](-c2ccc(Br)cc2)[nH]o1. The molecule has 1 aromatic carbocycles. The first-order chi connectivity index (χ1) is 6.25. The minimum atomic E-state index is -0.400. The van der Waals surface area contributed by atoms with Gasteiger partial charge in [-0.05, 0) is 22.1 Å². The maximum absolute atomic E-state index is 10.7. The predicted molar refractivity (Wildman–Crippen MR) is 48.6 cm³/mol. The maximum Gasteiger partial charge on any atom is 0.427 e. The first-order valence-electron chi connectivity index (χ1n) is 3.62. The summed E-state index contributed by atoms with van der Waals surface area (Å²) < 4.78 is 7.02. The molecule has 0 radical (unpaired) electrons. The molecule has 0 saturated carbocycles. The zero-order valence-corrected chi connectivity index (χ0v) is 8.11. The largest absolute Gasteiger partial charge is 0.427 e. The second-order valence-electron chi connectivity index (χ2n) is 2.49. The minimum absolute atomic E-state index is 0.400. The van der Waals surface area contributed by atoms with Gasteiger partial charge in [0.15, 0.2) is 0 Å². The van der Waals surface area contributed by atoms with Crippen molar-refractivity contribution in [3.8, 4) is 5.69 Å². The van der Waals surface area contributed by atoms with Gasteiger partial charge in [-0.2, -0.15) is 0 Å². The van der Waals surface area contributed by atoms with Gasteiger partial charge >= 0.3 is 5.63 Å². The van der Waals surface area contributed by atoms with Crippen molar-refractivity contribution >= 4 is 15.9 Å². The Kier molecular flexibility index (Phi) is 2.02. The van der Waals surface area contributed by atoms with E-state index in [1.807, 2.05) is 24.3 Å². The molecule has 1 heterocycles. The van der Waals surface area contributed by atoms with Gasteiger partial charge in [0, 0.05) is 16.6 Å². The first-order valence-corrected chi connectivity index (χ1v) is 4.41. The lowest BCUT2D eigenvalue weighted by Gasteiger charge is -1.88. The standard InChI is InChI=1S/C8H5BrN2O2/c9-6-1-3-7(4-2-6)11-5-8(12)13-10-11/h1-5H/p+1. The van der Waals surface area contributed by atoms with E-state index < -0.39 is 5.63 Å². The Morgan fingerprint density at radius 2 is 2.00 bits per heavy atom. The molecule has 0 atom stereocenters. The Hall–Kier alpha value is -1.36. The third-order valence-electron chi connectivity index (χ3n) is 1.58. The van der Waals surface area contributed by atoms with E-state index in [9.17, 15) is 4.79 Å². The lowest BCUT2D eigenvalue weighted by atomic mass is 10.3. The molecule has 0 fully saturated rings. The molecule has 2 aromatic rings. The fourth-order valence-corrected chi connectivity index (χ4v) is 1.25. The van der Waals surface area contributed by atoms with Crippen molar-refractivity contribution in [1.29, 1.82) is 0 Å². The molecule has 0 bridgehead atoms. The molecule has 2 rings (SSSR count). The number of nitrogens with zero attached hydrogens (tertiary/aromatic N) is 1.